The number of thiazole rings is 2. The highest BCUT2D eigenvalue weighted by atomic mass is 32.1. The summed E-state index contributed by atoms with van der Waals surface area (Å²) in [6, 6.07) is 0.510. The maximum Gasteiger partial charge on any atom is 0.0991 e. The predicted molar refractivity (Wildman–Crippen MR) is 78.5 cm³/mol. The molecule has 0 unspecified atom stereocenters. The molecule has 0 aliphatic rings. The van der Waals surface area contributed by atoms with E-state index in [1.807, 2.05) is 6.92 Å². The Hall–Kier alpha value is -0.780. The SMILES string of the molecule is Cc1nc(Cc2nc(C)c(CNC(C)C)s2)cs1. The van der Waals surface area contributed by atoms with E-state index >= 15 is 0 Å². The fourth-order valence-electron chi connectivity index (χ4n) is 1.67. The van der Waals surface area contributed by atoms with E-state index in [1.54, 1.807) is 22.7 Å². The molecule has 0 saturated heterocycles. The monoisotopic (exact) mass is 281 g/mol. The minimum atomic E-state index is 0.510. The average Bonchev–Trinajstić information content (AvgIpc) is 2.83. The van der Waals surface area contributed by atoms with Crippen LogP contribution in [0.25, 0.3) is 0 Å². The molecule has 2 aromatic rings. The average molecular weight is 281 g/mol. The maximum absolute atomic E-state index is 4.64. The first-order chi connectivity index (χ1) is 8.54. The highest BCUT2D eigenvalue weighted by molar-refractivity contribution is 7.11. The topological polar surface area (TPSA) is 37.8 Å². The van der Waals surface area contributed by atoms with Gasteiger partial charge in [-0.05, 0) is 13.8 Å². The van der Waals surface area contributed by atoms with E-state index in [-0.39, 0.29) is 0 Å². The largest absolute Gasteiger partial charge is 0.310 e. The van der Waals surface area contributed by atoms with Crippen molar-refractivity contribution in [2.45, 2.75) is 46.7 Å². The van der Waals surface area contributed by atoms with Crippen LogP contribution in [0.1, 0.15) is 40.1 Å². The lowest BCUT2D eigenvalue weighted by molar-refractivity contribution is 0.591. The molecule has 0 atom stereocenters. The van der Waals surface area contributed by atoms with E-state index in [2.05, 4.69) is 41.4 Å². The number of rotatable bonds is 5. The molecular formula is C13H19N3S2. The molecule has 3 nitrogen and oxygen atoms in total. The first-order valence-corrected chi connectivity index (χ1v) is 7.83. The Morgan fingerprint density at radius 3 is 2.67 bits per heavy atom. The Kier molecular flexibility index (Phi) is 4.48. The Morgan fingerprint density at radius 1 is 1.28 bits per heavy atom. The van der Waals surface area contributed by atoms with E-state index in [9.17, 15) is 0 Å². The summed E-state index contributed by atoms with van der Waals surface area (Å²) in [5.74, 6) is 0. The predicted octanol–water partition coefficient (Wildman–Crippen LogP) is 3.31. The van der Waals surface area contributed by atoms with Crippen molar-refractivity contribution in [3.8, 4) is 0 Å². The van der Waals surface area contributed by atoms with Crippen molar-refractivity contribution in [1.82, 2.24) is 15.3 Å². The molecule has 2 aromatic heterocycles. The van der Waals surface area contributed by atoms with Gasteiger partial charge in [-0.25, -0.2) is 9.97 Å². The van der Waals surface area contributed by atoms with E-state index in [0.29, 0.717) is 6.04 Å². The van der Waals surface area contributed by atoms with Gasteiger partial charge < -0.3 is 5.32 Å². The highest BCUT2D eigenvalue weighted by Crippen LogP contribution is 2.21. The molecule has 0 amide bonds. The smallest absolute Gasteiger partial charge is 0.0991 e. The van der Waals surface area contributed by atoms with E-state index in [0.717, 1.165) is 29.4 Å². The Bertz CT molecular complexity index is 514. The molecule has 0 aliphatic heterocycles. The Morgan fingerprint density at radius 2 is 2.06 bits per heavy atom. The number of nitrogens with one attached hydrogen (secondary N) is 1. The van der Waals surface area contributed by atoms with Crippen LogP contribution in [0.4, 0.5) is 0 Å². The minimum Gasteiger partial charge on any atom is -0.310 e. The van der Waals surface area contributed by atoms with Gasteiger partial charge in [-0.1, -0.05) is 13.8 Å². The lowest BCUT2D eigenvalue weighted by Crippen LogP contribution is -2.21. The van der Waals surface area contributed by atoms with Gasteiger partial charge in [0.15, 0.2) is 0 Å². The molecule has 0 aliphatic carbocycles. The zero-order valence-corrected chi connectivity index (χ0v) is 12.9. The van der Waals surface area contributed by atoms with Crippen molar-refractivity contribution in [2.75, 3.05) is 0 Å². The summed E-state index contributed by atoms with van der Waals surface area (Å²) in [7, 11) is 0. The van der Waals surface area contributed by atoms with Crippen molar-refractivity contribution in [3.05, 3.63) is 31.7 Å². The van der Waals surface area contributed by atoms with Crippen LogP contribution in [-0.4, -0.2) is 16.0 Å². The van der Waals surface area contributed by atoms with Crippen molar-refractivity contribution >= 4 is 22.7 Å². The van der Waals surface area contributed by atoms with Crippen molar-refractivity contribution in [3.63, 3.8) is 0 Å². The number of aryl methyl sites for hydroxylation is 2. The van der Waals surface area contributed by atoms with E-state index in [4.69, 9.17) is 0 Å². The van der Waals surface area contributed by atoms with Crippen LogP contribution in [0.5, 0.6) is 0 Å². The summed E-state index contributed by atoms with van der Waals surface area (Å²) in [5, 5.41) is 7.85. The summed E-state index contributed by atoms with van der Waals surface area (Å²) in [6.07, 6.45) is 0.859. The Labute approximate surface area is 116 Å². The van der Waals surface area contributed by atoms with Crippen LogP contribution >= 0.6 is 22.7 Å². The summed E-state index contributed by atoms with van der Waals surface area (Å²) in [6.45, 7) is 9.37. The van der Waals surface area contributed by atoms with Gasteiger partial charge in [0.25, 0.3) is 0 Å². The number of hydrogen-bond donors (Lipinski definition) is 1. The molecular weight excluding hydrogens is 262 g/mol. The molecule has 0 bridgehead atoms. The molecule has 0 aromatic carbocycles. The quantitative estimate of drug-likeness (QED) is 0.913. The third-order valence-electron chi connectivity index (χ3n) is 2.61. The van der Waals surface area contributed by atoms with Crippen LogP contribution in [0.3, 0.4) is 0 Å². The first kappa shape index (κ1) is 13.6. The summed E-state index contributed by atoms with van der Waals surface area (Å²) in [5.41, 5.74) is 2.28. The third kappa shape index (κ3) is 3.60. The lowest BCUT2D eigenvalue weighted by atomic mass is 10.3. The van der Waals surface area contributed by atoms with Crippen molar-refractivity contribution in [1.29, 1.82) is 0 Å². The van der Waals surface area contributed by atoms with Crippen LogP contribution in [0, 0.1) is 13.8 Å². The van der Waals surface area contributed by atoms with Gasteiger partial charge in [0.05, 0.1) is 21.4 Å². The van der Waals surface area contributed by atoms with Gasteiger partial charge in [-0.15, -0.1) is 22.7 Å². The fourth-order valence-corrected chi connectivity index (χ4v) is 3.32. The molecule has 5 heteroatoms. The van der Waals surface area contributed by atoms with Crippen LogP contribution in [0.15, 0.2) is 5.38 Å². The molecule has 0 radical (unpaired) electrons. The van der Waals surface area contributed by atoms with Gasteiger partial charge in [0.1, 0.15) is 0 Å². The number of nitrogens with zero attached hydrogens (tertiary/aromatic N) is 2. The third-order valence-corrected chi connectivity index (χ3v) is 4.59. The zero-order valence-electron chi connectivity index (χ0n) is 11.3. The van der Waals surface area contributed by atoms with Gasteiger partial charge in [0, 0.05) is 29.3 Å². The molecule has 0 spiro atoms. The van der Waals surface area contributed by atoms with Crippen LogP contribution < -0.4 is 5.32 Å². The second kappa shape index (κ2) is 5.91. The molecule has 2 rings (SSSR count). The van der Waals surface area contributed by atoms with Gasteiger partial charge >= 0.3 is 0 Å². The second-order valence-electron chi connectivity index (χ2n) is 4.69. The minimum absolute atomic E-state index is 0.510. The highest BCUT2D eigenvalue weighted by Gasteiger charge is 2.09. The number of hydrogen-bond acceptors (Lipinski definition) is 5. The van der Waals surface area contributed by atoms with Gasteiger partial charge in [-0.3, -0.25) is 0 Å². The molecule has 98 valence electrons. The van der Waals surface area contributed by atoms with E-state index in [1.165, 1.54) is 9.88 Å². The van der Waals surface area contributed by atoms with Crippen molar-refractivity contribution in [2.24, 2.45) is 0 Å². The Balaban J connectivity index is 2.04. The zero-order chi connectivity index (χ0) is 13.1. The van der Waals surface area contributed by atoms with Crippen molar-refractivity contribution < 1.29 is 0 Å². The fraction of sp³-hybridized carbons (Fsp3) is 0.538. The molecule has 0 saturated carbocycles. The lowest BCUT2D eigenvalue weighted by Gasteiger charge is -2.05. The maximum atomic E-state index is 4.64. The standard InChI is InChI=1S/C13H19N3S2/c1-8(2)14-6-12-9(3)15-13(18-12)5-11-7-17-10(4)16-11/h7-8,14H,5-6H2,1-4H3. The second-order valence-corrected chi connectivity index (χ2v) is 6.92. The molecule has 2 heterocycles. The summed E-state index contributed by atoms with van der Waals surface area (Å²) in [4.78, 5) is 10.5. The molecule has 0 fully saturated rings. The number of aromatic nitrogens is 2. The summed E-state index contributed by atoms with van der Waals surface area (Å²) >= 11 is 3.50. The van der Waals surface area contributed by atoms with E-state index < -0.39 is 0 Å². The molecule has 1 N–H and O–H groups in total. The van der Waals surface area contributed by atoms with Gasteiger partial charge in [0.2, 0.25) is 0 Å². The normalized spacial score (nSPS) is 11.4. The molecule has 18 heavy (non-hydrogen) atoms. The summed E-state index contributed by atoms with van der Waals surface area (Å²) < 4.78 is 0. The van der Waals surface area contributed by atoms with Gasteiger partial charge in [-0.2, -0.15) is 0 Å². The first-order valence-electron chi connectivity index (χ1n) is 6.14. The van der Waals surface area contributed by atoms with Crippen LogP contribution in [-0.2, 0) is 13.0 Å². The van der Waals surface area contributed by atoms with Crippen LogP contribution in [0.2, 0.25) is 0 Å².